The molecule has 1 N–H and O–H groups in total. The van der Waals surface area contributed by atoms with Crippen molar-refractivity contribution in [3.63, 3.8) is 0 Å². The Kier molecular flexibility index (Phi) is 3.71. The van der Waals surface area contributed by atoms with E-state index in [1.165, 1.54) is 0 Å². The van der Waals surface area contributed by atoms with E-state index < -0.39 is 9.84 Å². The Morgan fingerprint density at radius 2 is 2.14 bits per heavy atom. The summed E-state index contributed by atoms with van der Waals surface area (Å²) >= 11 is 0. The van der Waals surface area contributed by atoms with E-state index in [1.54, 1.807) is 4.90 Å². The molecule has 0 aliphatic carbocycles. The number of sulfone groups is 1. The number of aromatic nitrogens is 1. The highest BCUT2D eigenvalue weighted by molar-refractivity contribution is 7.91. The molecule has 1 atom stereocenters. The average Bonchev–Trinajstić information content (AvgIpc) is 3.04. The van der Waals surface area contributed by atoms with Crippen LogP contribution in [0.4, 0.5) is 0 Å². The molecule has 2 aromatic rings. The Morgan fingerprint density at radius 1 is 1.33 bits per heavy atom. The fourth-order valence-corrected chi connectivity index (χ4v) is 4.69. The van der Waals surface area contributed by atoms with Crippen LogP contribution < -0.4 is 0 Å². The second-order valence-electron chi connectivity index (χ2n) is 5.51. The SMILES string of the molecule is O=CN(CCc1c[nH]c2ccccc12)[C@@H]1CCS(=O)(=O)C1. The number of amides is 1. The molecular weight excluding hydrogens is 288 g/mol. The first-order valence-electron chi connectivity index (χ1n) is 7.05. The number of nitrogens with one attached hydrogen (secondary N) is 1. The van der Waals surface area contributed by atoms with Gasteiger partial charge in [-0.1, -0.05) is 18.2 Å². The molecular formula is C15H18N2O3S. The fourth-order valence-electron chi connectivity index (χ4n) is 2.95. The normalized spacial score (nSPS) is 20.7. The first-order valence-corrected chi connectivity index (χ1v) is 8.88. The van der Waals surface area contributed by atoms with Crippen molar-refractivity contribution in [1.29, 1.82) is 0 Å². The van der Waals surface area contributed by atoms with Crippen LogP contribution in [0.1, 0.15) is 12.0 Å². The molecule has 0 radical (unpaired) electrons. The van der Waals surface area contributed by atoms with Gasteiger partial charge in [-0.3, -0.25) is 4.79 Å². The number of hydrogen-bond donors (Lipinski definition) is 1. The van der Waals surface area contributed by atoms with Gasteiger partial charge in [-0.05, 0) is 24.5 Å². The highest BCUT2D eigenvalue weighted by atomic mass is 32.2. The van der Waals surface area contributed by atoms with E-state index in [0.29, 0.717) is 13.0 Å². The number of fused-ring (bicyclic) bond motifs is 1. The molecule has 1 aliphatic heterocycles. The van der Waals surface area contributed by atoms with E-state index in [4.69, 9.17) is 0 Å². The standard InChI is InChI=1S/C15H18N2O3S/c18-11-17(13-6-8-21(19,20)10-13)7-5-12-9-16-15-4-2-1-3-14(12)15/h1-4,9,11,13,16H,5-8,10H2/t13-/m1/s1. The number of aromatic amines is 1. The number of rotatable bonds is 5. The first-order chi connectivity index (χ1) is 10.1. The Labute approximate surface area is 123 Å². The number of carbonyl (C=O) groups excluding carboxylic acids is 1. The zero-order valence-electron chi connectivity index (χ0n) is 11.7. The largest absolute Gasteiger partial charge is 0.361 e. The zero-order chi connectivity index (χ0) is 14.9. The van der Waals surface area contributed by atoms with Gasteiger partial charge in [-0.25, -0.2) is 8.42 Å². The predicted molar refractivity (Wildman–Crippen MR) is 81.8 cm³/mol. The van der Waals surface area contributed by atoms with Crippen molar-refractivity contribution in [3.8, 4) is 0 Å². The van der Waals surface area contributed by atoms with Crippen LogP contribution in [-0.2, 0) is 21.1 Å². The quantitative estimate of drug-likeness (QED) is 0.848. The summed E-state index contributed by atoms with van der Waals surface area (Å²) in [5.41, 5.74) is 2.23. The lowest BCUT2D eigenvalue weighted by Crippen LogP contribution is -2.36. The summed E-state index contributed by atoms with van der Waals surface area (Å²) in [5, 5.41) is 1.15. The second-order valence-corrected chi connectivity index (χ2v) is 7.74. The highest BCUT2D eigenvalue weighted by Gasteiger charge is 2.31. The maximum Gasteiger partial charge on any atom is 0.209 e. The fraction of sp³-hybridized carbons (Fsp3) is 0.400. The van der Waals surface area contributed by atoms with E-state index in [-0.39, 0.29) is 17.5 Å². The van der Waals surface area contributed by atoms with Crippen LogP contribution >= 0.6 is 0 Å². The molecule has 1 aromatic carbocycles. The summed E-state index contributed by atoms with van der Waals surface area (Å²) in [6, 6.07) is 7.86. The number of nitrogens with zero attached hydrogens (tertiary/aromatic N) is 1. The molecule has 1 amide bonds. The number of para-hydroxylation sites is 1. The molecule has 6 heteroatoms. The molecule has 1 saturated heterocycles. The van der Waals surface area contributed by atoms with Crippen LogP contribution in [0.2, 0.25) is 0 Å². The molecule has 1 aliphatic rings. The molecule has 21 heavy (non-hydrogen) atoms. The molecule has 0 saturated carbocycles. The number of carbonyl (C=O) groups is 1. The Hall–Kier alpha value is -1.82. The molecule has 0 spiro atoms. The maximum atomic E-state index is 11.5. The summed E-state index contributed by atoms with van der Waals surface area (Å²) in [5.74, 6) is 0.286. The van der Waals surface area contributed by atoms with Gasteiger partial charge in [0.25, 0.3) is 0 Å². The minimum atomic E-state index is -2.96. The van der Waals surface area contributed by atoms with Gasteiger partial charge in [0.05, 0.1) is 11.5 Å². The second kappa shape index (κ2) is 5.52. The molecule has 112 valence electrons. The monoisotopic (exact) mass is 306 g/mol. The summed E-state index contributed by atoms with van der Waals surface area (Å²) in [6.45, 7) is 0.547. The van der Waals surface area contributed by atoms with Gasteiger partial charge < -0.3 is 9.88 Å². The van der Waals surface area contributed by atoms with Crippen LogP contribution in [-0.4, -0.2) is 48.8 Å². The summed E-state index contributed by atoms with van der Waals surface area (Å²) in [6.07, 6.45) is 4.01. The topological polar surface area (TPSA) is 70.2 Å². The number of benzene rings is 1. The third kappa shape index (κ3) is 2.95. The average molecular weight is 306 g/mol. The molecule has 5 nitrogen and oxygen atoms in total. The van der Waals surface area contributed by atoms with Gasteiger partial charge in [0.2, 0.25) is 6.41 Å². The van der Waals surface area contributed by atoms with Gasteiger partial charge in [0.1, 0.15) is 0 Å². The van der Waals surface area contributed by atoms with E-state index in [1.807, 2.05) is 30.5 Å². The summed E-state index contributed by atoms with van der Waals surface area (Å²) in [7, 11) is -2.96. The highest BCUT2D eigenvalue weighted by Crippen LogP contribution is 2.20. The van der Waals surface area contributed by atoms with Gasteiger partial charge in [-0.15, -0.1) is 0 Å². The molecule has 0 bridgehead atoms. The molecule has 1 aromatic heterocycles. The van der Waals surface area contributed by atoms with Crippen molar-refractivity contribution >= 4 is 27.2 Å². The smallest absolute Gasteiger partial charge is 0.209 e. The molecule has 1 fully saturated rings. The van der Waals surface area contributed by atoms with Crippen molar-refractivity contribution in [2.24, 2.45) is 0 Å². The Balaban J connectivity index is 1.70. The van der Waals surface area contributed by atoms with Gasteiger partial charge in [0, 0.05) is 29.7 Å². The van der Waals surface area contributed by atoms with E-state index >= 15 is 0 Å². The third-order valence-electron chi connectivity index (χ3n) is 4.13. The number of H-pyrrole nitrogens is 1. The Bertz CT molecular complexity index is 751. The molecule has 3 rings (SSSR count). The van der Waals surface area contributed by atoms with Crippen molar-refractivity contribution in [2.45, 2.75) is 18.9 Å². The first kappa shape index (κ1) is 14.1. The number of hydrogen-bond acceptors (Lipinski definition) is 3. The van der Waals surface area contributed by atoms with Crippen LogP contribution in [0.25, 0.3) is 10.9 Å². The van der Waals surface area contributed by atoms with Crippen LogP contribution in [0.3, 0.4) is 0 Å². The summed E-state index contributed by atoms with van der Waals surface area (Å²) < 4.78 is 23.0. The van der Waals surface area contributed by atoms with Crippen molar-refractivity contribution in [3.05, 3.63) is 36.0 Å². The lowest BCUT2D eigenvalue weighted by Gasteiger charge is -2.23. The van der Waals surface area contributed by atoms with Gasteiger partial charge in [-0.2, -0.15) is 0 Å². The van der Waals surface area contributed by atoms with Crippen LogP contribution in [0.15, 0.2) is 30.5 Å². The molecule has 2 heterocycles. The maximum absolute atomic E-state index is 11.5. The molecule has 0 unspecified atom stereocenters. The van der Waals surface area contributed by atoms with E-state index in [9.17, 15) is 13.2 Å². The third-order valence-corrected chi connectivity index (χ3v) is 5.88. The van der Waals surface area contributed by atoms with Gasteiger partial charge in [0.15, 0.2) is 9.84 Å². The van der Waals surface area contributed by atoms with E-state index in [0.717, 1.165) is 29.3 Å². The van der Waals surface area contributed by atoms with E-state index in [2.05, 4.69) is 4.98 Å². The summed E-state index contributed by atoms with van der Waals surface area (Å²) in [4.78, 5) is 16.1. The van der Waals surface area contributed by atoms with Crippen molar-refractivity contribution in [2.75, 3.05) is 18.1 Å². The predicted octanol–water partition coefficient (Wildman–Crippen LogP) is 1.36. The minimum absolute atomic E-state index is 0.0968. The van der Waals surface area contributed by atoms with Crippen molar-refractivity contribution < 1.29 is 13.2 Å². The Morgan fingerprint density at radius 3 is 2.86 bits per heavy atom. The van der Waals surface area contributed by atoms with Crippen LogP contribution in [0, 0.1) is 0 Å². The zero-order valence-corrected chi connectivity index (χ0v) is 12.5. The van der Waals surface area contributed by atoms with Gasteiger partial charge >= 0.3 is 0 Å². The lowest BCUT2D eigenvalue weighted by atomic mass is 10.1. The van der Waals surface area contributed by atoms with Crippen LogP contribution in [0.5, 0.6) is 0 Å². The van der Waals surface area contributed by atoms with Crippen molar-refractivity contribution in [1.82, 2.24) is 9.88 Å². The lowest BCUT2D eigenvalue weighted by molar-refractivity contribution is -0.119. The minimum Gasteiger partial charge on any atom is -0.361 e.